The lowest BCUT2D eigenvalue weighted by Crippen LogP contribution is -2.14. The first-order valence-electron chi connectivity index (χ1n) is 9.95. The molecule has 0 saturated carbocycles. The minimum absolute atomic E-state index is 0.137. The Kier molecular flexibility index (Phi) is 7.87. The van der Waals surface area contributed by atoms with Gasteiger partial charge in [-0.2, -0.15) is 0 Å². The maximum Gasteiger partial charge on any atom is 0.236 e. The van der Waals surface area contributed by atoms with Gasteiger partial charge in [-0.05, 0) is 37.3 Å². The maximum atomic E-state index is 13.2. The van der Waals surface area contributed by atoms with E-state index in [0.29, 0.717) is 21.9 Å². The molecule has 0 spiro atoms. The van der Waals surface area contributed by atoms with Gasteiger partial charge in [0, 0.05) is 22.5 Å². The van der Waals surface area contributed by atoms with Gasteiger partial charge in [0.05, 0.1) is 16.5 Å². The Balaban J connectivity index is 1.33. The molecule has 176 valence electrons. The second-order valence-corrected chi connectivity index (χ2v) is 10.2. The average Bonchev–Trinajstić information content (AvgIpc) is 3.41. The number of carbonyl (C=O) groups excluding carboxylic acids is 1. The molecule has 4 rings (SSSR count). The van der Waals surface area contributed by atoms with E-state index in [0.717, 1.165) is 15.7 Å². The molecule has 0 aliphatic rings. The number of nitrogens with one attached hydrogen (secondary N) is 1. The predicted octanol–water partition coefficient (Wildman–Crippen LogP) is 6.36. The van der Waals surface area contributed by atoms with Crippen molar-refractivity contribution in [3.8, 4) is 17.0 Å². The first-order valence-corrected chi connectivity index (χ1v) is 13.0. The van der Waals surface area contributed by atoms with Crippen LogP contribution in [0.3, 0.4) is 0 Å². The van der Waals surface area contributed by atoms with Crippen molar-refractivity contribution in [3.05, 3.63) is 69.0 Å². The predicted molar refractivity (Wildman–Crippen MR) is 136 cm³/mol. The zero-order valence-electron chi connectivity index (χ0n) is 18.0. The molecule has 0 saturated heterocycles. The number of anilines is 1. The number of hydrogen-bond donors (Lipinski definition) is 1. The van der Waals surface area contributed by atoms with E-state index in [1.807, 2.05) is 29.6 Å². The Labute approximate surface area is 216 Å². The van der Waals surface area contributed by atoms with Gasteiger partial charge in [-0.25, -0.2) is 9.37 Å². The lowest BCUT2D eigenvalue weighted by Gasteiger charge is -2.15. The summed E-state index contributed by atoms with van der Waals surface area (Å²) >= 11 is 12.1. The number of aromatic nitrogens is 4. The summed E-state index contributed by atoms with van der Waals surface area (Å²) in [4.78, 5) is 16.9. The molecule has 7 nitrogen and oxygen atoms in total. The minimum atomic E-state index is -0.490. The van der Waals surface area contributed by atoms with Crippen LogP contribution in [0.25, 0.3) is 11.3 Å². The monoisotopic (exact) mass is 581 g/mol. The maximum absolute atomic E-state index is 13.2. The SMILES string of the molecule is CC(Oc1ccc(F)cc1Cl)c1nnc(SCC(=O)Nc2nc(-c3ccc(Br)cc3)cs2)n1C. The van der Waals surface area contributed by atoms with Crippen LogP contribution in [0.1, 0.15) is 18.9 Å². The summed E-state index contributed by atoms with van der Waals surface area (Å²) < 4.78 is 21.8. The fourth-order valence-corrected chi connectivity index (χ4v) is 4.92. The second kappa shape index (κ2) is 10.9. The molecule has 1 unspecified atom stereocenters. The first-order chi connectivity index (χ1) is 16.3. The third kappa shape index (κ3) is 5.96. The van der Waals surface area contributed by atoms with Gasteiger partial charge in [-0.1, -0.05) is 51.4 Å². The molecular weight excluding hydrogens is 565 g/mol. The first kappa shape index (κ1) is 24.6. The number of halogens is 3. The number of ether oxygens (including phenoxy) is 1. The molecule has 1 atom stereocenters. The lowest BCUT2D eigenvalue weighted by atomic mass is 10.2. The van der Waals surface area contributed by atoms with Crippen LogP contribution in [0.2, 0.25) is 5.02 Å². The Hall–Kier alpha value is -2.47. The van der Waals surface area contributed by atoms with Crippen LogP contribution in [0.5, 0.6) is 5.75 Å². The van der Waals surface area contributed by atoms with E-state index >= 15 is 0 Å². The highest BCUT2D eigenvalue weighted by molar-refractivity contribution is 9.10. The number of amides is 1. The number of thioether (sulfide) groups is 1. The highest BCUT2D eigenvalue weighted by Crippen LogP contribution is 2.30. The number of rotatable bonds is 8. The zero-order chi connectivity index (χ0) is 24.2. The van der Waals surface area contributed by atoms with E-state index in [1.54, 1.807) is 18.5 Å². The second-order valence-electron chi connectivity index (χ2n) is 7.12. The number of carbonyl (C=O) groups is 1. The van der Waals surface area contributed by atoms with E-state index in [2.05, 4.69) is 36.4 Å². The van der Waals surface area contributed by atoms with Crippen LogP contribution < -0.4 is 10.1 Å². The standard InChI is InChI=1S/C22H18BrClFN5O2S2/c1-12(32-18-8-7-15(25)9-16(18)24)20-28-29-22(30(20)2)34-11-19(31)27-21-26-17(10-33-21)13-3-5-14(23)6-4-13/h3-10,12H,11H2,1-2H3,(H,26,27,31). The van der Waals surface area contributed by atoms with Gasteiger partial charge in [0.2, 0.25) is 5.91 Å². The number of hydrogen-bond acceptors (Lipinski definition) is 7. The molecule has 1 N–H and O–H groups in total. The van der Waals surface area contributed by atoms with Crippen LogP contribution >= 0.6 is 50.6 Å². The van der Waals surface area contributed by atoms with Crippen molar-refractivity contribution in [1.82, 2.24) is 19.7 Å². The summed E-state index contributed by atoms with van der Waals surface area (Å²) in [5.41, 5.74) is 1.77. The summed E-state index contributed by atoms with van der Waals surface area (Å²) in [6, 6.07) is 11.7. The van der Waals surface area contributed by atoms with Crippen molar-refractivity contribution in [3.63, 3.8) is 0 Å². The van der Waals surface area contributed by atoms with Crippen molar-refractivity contribution < 1.29 is 13.9 Å². The quantitative estimate of drug-likeness (QED) is 0.243. The van der Waals surface area contributed by atoms with Gasteiger partial charge in [0.25, 0.3) is 0 Å². The van der Waals surface area contributed by atoms with E-state index in [-0.39, 0.29) is 16.7 Å². The summed E-state index contributed by atoms with van der Waals surface area (Å²) in [6.45, 7) is 1.79. The van der Waals surface area contributed by atoms with Crippen LogP contribution in [0, 0.1) is 5.82 Å². The van der Waals surface area contributed by atoms with E-state index in [9.17, 15) is 9.18 Å². The van der Waals surface area contributed by atoms with E-state index in [1.165, 1.54) is 41.3 Å². The molecule has 12 heteroatoms. The molecular formula is C22H18BrClFN5O2S2. The largest absolute Gasteiger partial charge is 0.481 e. The third-order valence-electron chi connectivity index (χ3n) is 4.65. The molecule has 2 aromatic carbocycles. The van der Waals surface area contributed by atoms with E-state index in [4.69, 9.17) is 16.3 Å². The number of nitrogens with zero attached hydrogens (tertiary/aromatic N) is 4. The highest BCUT2D eigenvalue weighted by atomic mass is 79.9. The van der Waals surface area contributed by atoms with Crippen molar-refractivity contribution in [2.75, 3.05) is 11.1 Å². The van der Waals surface area contributed by atoms with E-state index < -0.39 is 11.9 Å². The van der Waals surface area contributed by atoms with Crippen LogP contribution in [0.15, 0.2) is 57.5 Å². The van der Waals surface area contributed by atoms with Gasteiger partial charge >= 0.3 is 0 Å². The van der Waals surface area contributed by atoms with Crippen molar-refractivity contribution in [2.45, 2.75) is 18.2 Å². The fraction of sp³-hybridized carbons (Fsp3) is 0.182. The summed E-state index contributed by atoms with van der Waals surface area (Å²) in [5, 5.41) is 14.3. The molecule has 1 amide bonds. The fourth-order valence-electron chi connectivity index (χ4n) is 2.99. The zero-order valence-corrected chi connectivity index (χ0v) is 21.9. The van der Waals surface area contributed by atoms with Gasteiger partial charge in [0.15, 0.2) is 22.2 Å². The molecule has 0 aliphatic heterocycles. The molecule has 34 heavy (non-hydrogen) atoms. The minimum Gasteiger partial charge on any atom is -0.481 e. The van der Waals surface area contributed by atoms with Gasteiger partial charge < -0.3 is 14.6 Å². The van der Waals surface area contributed by atoms with Crippen LogP contribution in [-0.4, -0.2) is 31.4 Å². The Morgan fingerprint density at radius 3 is 2.79 bits per heavy atom. The molecule has 0 fully saturated rings. The van der Waals surface area contributed by atoms with Gasteiger partial charge in [-0.15, -0.1) is 21.5 Å². The number of benzene rings is 2. The summed E-state index contributed by atoms with van der Waals surface area (Å²) in [6.07, 6.45) is -0.490. The van der Waals surface area contributed by atoms with Gasteiger partial charge in [0.1, 0.15) is 11.6 Å². The Morgan fingerprint density at radius 1 is 1.29 bits per heavy atom. The molecule has 0 radical (unpaired) electrons. The Morgan fingerprint density at radius 2 is 2.06 bits per heavy atom. The molecule has 4 aromatic rings. The molecule has 2 aromatic heterocycles. The summed E-state index contributed by atoms with van der Waals surface area (Å²) in [5.74, 6) is 0.384. The molecule has 0 bridgehead atoms. The smallest absolute Gasteiger partial charge is 0.236 e. The number of thiazole rings is 1. The highest BCUT2D eigenvalue weighted by Gasteiger charge is 2.19. The van der Waals surface area contributed by atoms with Crippen molar-refractivity contribution in [1.29, 1.82) is 0 Å². The van der Waals surface area contributed by atoms with Crippen LogP contribution in [-0.2, 0) is 11.8 Å². The Bertz CT molecular complexity index is 1320. The third-order valence-corrected chi connectivity index (χ3v) is 7.25. The van der Waals surface area contributed by atoms with Crippen molar-refractivity contribution in [2.24, 2.45) is 7.05 Å². The van der Waals surface area contributed by atoms with Crippen molar-refractivity contribution >= 4 is 61.7 Å². The van der Waals surface area contributed by atoms with Crippen LogP contribution in [0.4, 0.5) is 9.52 Å². The molecule has 0 aliphatic carbocycles. The molecule has 2 heterocycles. The van der Waals surface area contributed by atoms with Gasteiger partial charge in [-0.3, -0.25) is 4.79 Å². The topological polar surface area (TPSA) is 81.9 Å². The normalized spacial score (nSPS) is 11.9. The average molecular weight is 583 g/mol. The lowest BCUT2D eigenvalue weighted by molar-refractivity contribution is -0.113. The summed E-state index contributed by atoms with van der Waals surface area (Å²) in [7, 11) is 1.78.